The molecule has 0 aliphatic heterocycles. The van der Waals surface area contributed by atoms with Crippen LogP contribution < -0.4 is 5.32 Å². The van der Waals surface area contributed by atoms with Gasteiger partial charge < -0.3 is 5.32 Å². The number of carbonyl (C=O) groups is 1. The molecule has 0 amide bonds. The minimum Gasteiger partial charge on any atom is -0.379 e. The minimum atomic E-state index is -0.472. The molecule has 0 unspecified atom stereocenters. The Kier molecular flexibility index (Phi) is 4.63. The van der Waals surface area contributed by atoms with Crippen LogP contribution in [0.1, 0.15) is 37.0 Å². The molecule has 1 N–H and O–H groups in total. The van der Waals surface area contributed by atoms with Gasteiger partial charge in [-0.2, -0.15) is 0 Å². The average molecular weight is 236 g/mol. The molecule has 0 atom stereocenters. The summed E-state index contributed by atoms with van der Waals surface area (Å²) in [5, 5.41) is 13.9. The summed E-state index contributed by atoms with van der Waals surface area (Å²) < 4.78 is 0. The zero-order chi connectivity index (χ0) is 12.8. The first-order valence-corrected chi connectivity index (χ1v) is 5.59. The predicted molar refractivity (Wildman–Crippen MR) is 66.5 cm³/mol. The number of unbranched alkanes of at least 4 members (excludes halogenated alkanes) is 1. The van der Waals surface area contributed by atoms with Gasteiger partial charge >= 0.3 is 0 Å². The van der Waals surface area contributed by atoms with Gasteiger partial charge in [0.1, 0.15) is 5.69 Å². The SMILES string of the molecule is CCCCNc1ccc(C(C)=O)cc1[N+](=O)[O-]. The summed E-state index contributed by atoms with van der Waals surface area (Å²) in [6, 6.07) is 4.50. The third kappa shape index (κ3) is 3.55. The number of anilines is 1. The third-order valence-corrected chi connectivity index (χ3v) is 2.45. The molecule has 1 aromatic rings. The van der Waals surface area contributed by atoms with Crippen LogP contribution in [0.5, 0.6) is 0 Å². The van der Waals surface area contributed by atoms with Gasteiger partial charge in [-0.15, -0.1) is 0 Å². The quantitative estimate of drug-likeness (QED) is 0.356. The number of hydrogen-bond acceptors (Lipinski definition) is 4. The summed E-state index contributed by atoms with van der Waals surface area (Å²) in [5.74, 6) is -0.173. The van der Waals surface area contributed by atoms with Crippen LogP contribution in [-0.2, 0) is 0 Å². The van der Waals surface area contributed by atoms with Crippen LogP contribution in [0.25, 0.3) is 0 Å². The molecule has 0 heterocycles. The van der Waals surface area contributed by atoms with Gasteiger partial charge in [0.05, 0.1) is 4.92 Å². The number of carbonyl (C=O) groups excluding carboxylic acids is 1. The lowest BCUT2D eigenvalue weighted by molar-refractivity contribution is -0.384. The Morgan fingerprint density at radius 1 is 1.47 bits per heavy atom. The Balaban J connectivity index is 2.96. The van der Waals surface area contributed by atoms with Crippen molar-refractivity contribution in [2.45, 2.75) is 26.7 Å². The van der Waals surface area contributed by atoms with Gasteiger partial charge in [-0.05, 0) is 25.5 Å². The number of nitro benzene ring substituents is 1. The number of rotatable bonds is 6. The Hall–Kier alpha value is -1.91. The molecule has 1 rings (SSSR count). The number of hydrogen-bond donors (Lipinski definition) is 1. The molecule has 0 aliphatic rings. The monoisotopic (exact) mass is 236 g/mol. The fourth-order valence-corrected chi connectivity index (χ4v) is 1.45. The van der Waals surface area contributed by atoms with Crippen molar-refractivity contribution in [2.75, 3.05) is 11.9 Å². The fourth-order valence-electron chi connectivity index (χ4n) is 1.45. The van der Waals surface area contributed by atoms with Gasteiger partial charge in [0.15, 0.2) is 5.78 Å². The van der Waals surface area contributed by atoms with Crippen molar-refractivity contribution in [1.82, 2.24) is 0 Å². The van der Waals surface area contributed by atoms with E-state index in [2.05, 4.69) is 12.2 Å². The molecular weight excluding hydrogens is 220 g/mol. The highest BCUT2D eigenvalue weighted by Crippen LogP contribution is 2.25. The van der Waals surface area contributed by atoms with Crippen LogP contribution in [0.15, 0.2) is 18.2 Å². The van der Waals surface area contributed by atoms with Crippen molar-refractivity contribution < 1.29 is 9.72 Å². The summed E-state index contributed by atoms with van der Waals surface area (Å²) in [6.07, 6.45) is 1.97. The van der Waals surface area contributed by atoms with Gasteiger partial charge in [0.25, 0.3) is 5.69 Å². The Morgan fingerprint density at radius 3 is 2.71 bits per heavy atom. The van der Waals surface area contributed by atoms with E-state index in [-0.39, 0.29) is 11.5 Å². The number of benzene rings is 1. The van der Waals surface area contributed by atoms with E-state index in [0.29, 0.717) is 17.8 Å². The molecule has 92 valence electrons. The van der Waals surface area contributed by atoms with E-state index in [1.807, 2.05) is 0 Å². The molecular formula is C12H16N2O3. The van der Waals surface area contributed by atoms with Crippen LogP contribution in [0.2, 0.25) is 0 Å². The first kappa shape index (κ1) is 13.2. The number of ketones is 1. The molecule has 0 spiro atoms. The Labute approximate surface area is 100.0 Å². The summed E-state index contributed by atoms with van der Waals surface area (Å²) in [6.45, 7) is 4.13. The molecule has 1 aromatic carbocycles. The van der Waals surface area contributed by atoms with E-state index in [1.54, 1.807) is 12.1 Å². The molecule has 0 aliphatic carbocycles. The highest BCUT2D eigenvalue weighted by molar-refractivity contribution is 5.95. The largest absolute Gasteiger partial charge is 0.379 e. The zero-order valence-electron chi connectivity index (χ0n) is 10.0. The van der Waals surface area contributed by atoms with Crippen LogP contribution >= 0.6 is 0 Å². The average Bonchev–Trinajstić information content (AvgIpc) is 2.29. The molecule has 5 heteroatoms. The van der Waals surface area contributed by atoms with Crippen LogP contribution in [0, 0.1) is 10.1 Å². The van der Waals surface area contributed by atoms with E-state index < -0.39 is 4.92 Å². The summed E-state index contributed by atoms with van der Waals surface area (Å²) in [4.78, 5) is 21.6. The summed E-state index contributed by atoms with van der Waals surface area (Å²) in [5.41, 5.74) is 0.778. The first-order chi connectivity index (χ1) is 8.06. The van der Waals surface area contributed by atoms with Gasteiger partial charge in [-0.1, -0.05) is 13.3 Å². The van der Waals surface area contributed by atoms with Crippen LogP contribution in [0.4, 0.5) is 11.4 Å². The Morgan fingerprint density at radius 2 is 2.18 bits per heavy atom. The standard InChI is InChI=1S/C12H16N2O3/c1-3-4-7-13-11-6-5-10(9(2)15)8-12(11)14(16)17/h5-6,8,13H,3-4,7H2,1-2H3. The first-order valence-electron chi connectivity index (χ1n) is 5.59. The second-order valence-electron chi connectivity index (χ2n) is 3.83. The molecule has 5 nitrogen and oxygen atoms in total. The third-order valence-electron chi connectivity index (χ3n) is 2.45. The maximum Gasteiger partial charge on any atom is 0.293 e. The molecule has 0 aromatic heterocycles. The highest BCUT2D eigenvalue weighted by Gasteiger charge is 2.15. The van der Waals surface area contributed by atoms with Crippen LogP contribution in [0.3, 0.4) is 0 Å². The van der Waals surface area contributed by atoms with Crippen molar-refractivity contribution in [3.8, 4) is 0 Å². The topological polar surface area (TPSA) is 72.2 Å². The molecule has 17 heavy (non-hydrogen) atoms. The number of nitrogens with zero attached hydrogens (tertiary/aromatic N) is 1. The smallest absolute Gasteiger partial charge is 0.293 e. The fraction of sp³-hybridized carbons (Fsp3) is 0.417. The molecule has 0 saturated carbocycles. The summed E-state index contributed by atoms with van der Waals surface area (Å²) >= 11 is 0. The number of Topliss-reactive ketones (excluding diaryl/α,β-unsaturated/α-hetero) is 1. The second kappa shape index (κ2) is 5.98. The molecule has 0 fully saturated rings. The molecule has 0 radical (unpaired) electrons. The van der Waals surface area contributed by atoms with Crippen molar-refractivity contribution in [3.63, 3.8) is 0 Å². The lowest BCUT2D eigenvalue weighted by atomic mass is 10.1. The number of nitrogens with one attached hydrogen (secondary N) is 1. The van der Waals surface area contributed by atoms with Gasteiger partial charge in [-0.25, -0.2) is 0 Å². The van der Waals surface area contributed by atoms with Crippen molar-refractivity contribution in [2.24, 2.45) is 0 Å². The van der Waals surface area contributed by atoms with E-state index in [4.69, 9.17) is 0 Å². The minimum absolute atomic E-state index is 0.0474. The van der Waals surface area contributed by atoms with Gasteiger partial charge in [0.2, 0.25) is 0 Å². The second-order valence-corrected chi connectivity index (χ2v) is 3.83. The molecule has 0 saturated heterocycles. The Bertz CT molecular complexity index is 430. The van der Waals surface area contributed by atoms with E-state index in [9.17, 15) is 14.9 Å². The van der Waals surface area contributed by atoms with E-state index in [0.717, 1.165) is 12.8 Å². The van der Waals surface area contributed by atoms with Crippen molar-refractivity contribution in [3.05, 3.63) is 33.9 Å². The molecule has 0 bridgehead atoms. The van der Waals surface area contributed by atoms with Crippen molar-refractivity contribution >= 4 is 17.2 Å². The van der Waals surface area contributed by atoms with Gasteiger partial charge in [-0.3, -0.25) is 14.9 Å². The lowest BCUT2D eigenvalue weighted by Crippen LogP contribution is -2.05. The van der Waals surface area contributed by atoms with Crippen LogP contribution in [-0.4, -0.2) is 17.3 Å². The number of nitro groups is 1. The van der Waals surface area contributed by atoms with E-state index >= 15 is 0 Å². The highest BCUT2D eigenvalue weighted by atomic mass is 16.6. The zero-order valence-corrected chi connectivity index (χ0v) is 10.0. The maximum atomic E-state index is 11.1. The van der Waals surface area contributed by atoms with E-state index in [1.165, 1.54) is 13.0 Å². The van der Waals surface area contributed by atoms with Gasteiger partial charge in [0, 0.05) is 18.2 Å². The normalized spacial score (nSPS) is 10.0. The maximum absolute atomic E-state index is 11.1. The summed E-state index contributed by atoms with van der Waals surface area (Å²) in [7, 11) is 0. The predicted octanol–water partition coefficient (Wildman–Crippen LogP) is 3.01. The van der Waals surface area contributed by atoms with Crippen molar-refractivity contribution in [1.29, 1.82) is 0 Å². The lowest BCUT2D eigenvalue weighted by Gasteiger charge is -2.07.